The van der Waals surface area contributed by atoms with Crippen molar-refractivity contribution in [2.75, 3.05) is 19.9 Å². The lowest BCUT2D eigenvalue weighted by Gasteiger charge is -2.28. The van der Waals surface area contributed by atoms with Crippen LogP contribution in [0.25, 0.3) is 0 Å². The molecule has 0 amide bonds. The third kappa shape index (κ3) is 5.23. The van der Waals surface area contributed by atoms with Crippen LogP contribution < -0.4 is 5.32 Å². The maximum Gasteiger partial charge on any atom is 0.0572 e. The lowest BCUT2D eigenvalue weighted by molar-refractivity contribution is 0.0626. The van der Waals surface area contributed by atoms with Gasteiger partial charge in [0.2, 0.25) is 0 Å². The fourth-order valence-electron chi connectivity index (χ4n) is 2.11. The zero-order valence-electron chi connectivity index (χ0n) is 10.3. The molecule has 90 valence electrons. The van der Waals surface area contributed by atoms with E-state index in [2.05, 4.69) is 18.5 Å². The van der Waals surface area contributed by atoms with Crippen molar-refractivity contribution in [2.24, 2.45) is 0 Å². The van der Waals surface area contributed by atoms with E-state index in [-0.39, 0.29) is 0 Å². The van der Waals surface area contributed by atoms with Gasteiger partial charge in [0.1, 0.15) is 0 Å². The Kier molecular flexibility index (Phi) is 6.69. The van der Waals surface area contributed by atoms with Gasteiger partial charge in [-0.3, -0.25) is 0 Å². The Morgan fingerprint density at radius 3 is 2.53 bits per heavy atom. The topological polar surface area (TPSA) is 21.3 Å². The second-order valence-corrected chi connectivity index (χ2v) is 5.77. The van der Waals surface area contributed by atoms with Crippen LogP contribution in [0.5, 0.6) is 0 Å². The number of methoxy groups -OCH3 is 1. The Labute approximate surface area is 98.5 Å². The molecule has 0 radical (unpaired) electrons. The fourth-order valence-corrected chi connectivity index (χ4v) is 2.46. The molecule has 1 fully saturated rings. The predicted molar refractivity (Wildman–Crippen MR) is 68.6 cm³/mol. The van der Waals surface area contributed by atoms with Crippen molar-refractivity contribution in [1.82, 2.24) is 5.32 Å². The summed E-state index contributed by atoms with van der Waals surface area (Å²) >= 11 is 1.96. The van der Waals surface area contributed by atoms with E-state index in [1.165, 1.54) is 38.6 Å². The number of hydrogen-bond donors (Lipinski definition) is 1. The van der Waals surface area contributed by atoms with Gasteiger partial charge in [0.15, 0.2) is 0 Å². The predicted octanol–water partition coefficient (Wildman–Crippen LogP) is 2.68. The Balaban J connectivity index is 2.03. The van der Waals surface area contributed by atoms with Crippen LogP contribution in [0.15, 0.2) is 0 Å². The summed E-state index contributed by atoms with van der Waals surface area (Å²) in [5.41, 5.74) is 0. The number of rotatable bonds is 6. The van der Waals surface area contributed by atoms with Gasteiger partial charge in [-0.15, -0.1) is 0 Å². The molecule has 1 unspecified atom stereocenters. The highest BCUT2D eigenvalue weighted by Crippen LogP contribution is 2.20. The molecule has 0 aliphatic heterocycles. The fraction of sp³-hybridized carbons (Fsp3) is 1.00. The molecule has 1 aliphatic rings. The van der Waals surface area contributed by atoms with E-state index in [1.54, 1.807) is 0 Å². The van der Waals surface area contributed by atoms with Gasteiger partial charge in [0.25, 0.3) is 0 Å². The molecule has 3 heteroatoms. The van der Waals surface area contributed by atoms with E-state index in [0.717, 1.165) is 11.3 Å². The number of ether oxygens (including phenoxy) is 1. The summed E-state index contributed by atoms with van der Waals surface area (Å²) in [4.78, 5) is 0. The molecule has 2 nitrogen and oxygen atoms in total. The minimum atomic E-state index is 0.521. The van der Waals surface area contributed by atoms with Crippen molar-refractivity contribution in [3.05, 3.63) is 0 Å². The van der Waals surface area contributed by atoms with Crippen LogP contribution in [0.1, 0.15) is 39.0 Å². The first-order valence-corrected chi connectivity index (χ1v) is 7.34. The molecule has 1 atom stereocenters. The second kappa shape index (κ2) is 7.53. The van der Waals surface area contributed by atoms with Gasteiger partial charge in [-0.25, -0.2) is 0 Å². The van der Waals surface area contributed by atoms with Crippen molar-refractivity contribution in [2.45, 2.75) is 56.4 Å². The Morgan fingerprint density at radius 2 is 2.00 bits per heavy atom. The Morgan fingerprint density at radius 1 is 1.33 bits per heavy atom. The molecular formula is C12H25NOS. The van der Waals surface area contributed by atoms with E-state index in [9.17, 15) is 0 Å². The zero-order chi connectivity index (χ0) is 11.1. The van der Waals surface area contributed by atoms with Crippen molar-refractivity contribution >= 4 is 11.8 Å². The summed E-state index contributed by atoms with van der Waals surface area (Å²) in [6.45, 7) is 3.47. The van der Waals surface area contributed by atoms with E-state index in [0.29, 0.717) is 6.10 Å². The van der Waals surface area contributed by atoms with Gasteiger partial charge in [0, 0.05) is 18.4 Å². The first-order chi connectivity index (χ1) is 7.26. The Hall–Kier alpha value is 0.270. The van der Waals surface area contributed by atoms with Gasteiger partial charge >= 0.3 is 0 Å². The van der Waals surface area contributed by atoms with Crippen molar-refractivity contribution in [3.63, 3.8) is 0 Å². The van der Waals surface area contributed by atoms with Gasteiger partial charge < -0.3 is 10.1 Å². The summed E-state index contributed by atoms with van der Waals surface area (Å²) in [5.74, 6) is 0. The lowest BCUT2D eigenvalue weighted by atomic mass is 9.93. The normalized spacial score (nSPS) is 29.0. The van der Waals surface area contributed by atoms with Gasteiger partial charge in [-0.05, 0) is 44.9 Å². The van der Waals surface area contributed by atoms with Crippen LogP contribution in [0.4, 0.5) is 0 Å². The molecule has 1 N–H and O–H groups in total. The molecule has 0 aromatic carbocycles. The van der Waals surface area contributed by atoms with Gasteiger partial charge in [-0.2, -0.15) is 11.8 Å². The second-order valence-electron chi connectivity index (χ2n) is 4.50. The first-order valence-electron chi connectivity index (χ1n) is 6.05. The minimum absolute atomic E-state index is 0.521. The summed E-state index contributed by atoms with van der Waals surface area (Å²) in [6, 6.07) is 0.741. The van der Waals surface area contributed by atoms with Crippen LogP contribution >= 0.6 is 11.8 Å². The Bertz CT molecular complexity index is 158. The largest absolute Gasteiger partial charge is 0.381 e. The molecular weight excluding hydrogens is 206 g/mol. The van der Waals surface area contributed by atoms with Crippen LogP contribution in [0.2, 0.25) is 0 Å². The van der Waals surface area contributed by atoms with Gasteiger partial charge in [0.05, 0.1) is 6.10 Å². The smallest absolute Gasteiger partial charge is 0.0572 e. The van der Waals surface area contributed by atoms with Gasteiger partial charge in [-0.1, -0.05) is 6.92 Å². The average Bonchev–Trinajstić information content (AvgIpc) is 2.29. The molecule has 0 saturated heterocycles. The number of nitrogens with one attached hydrogen (secondary N) is 1. The standard InChI is InChI=1S/C12H25NOS/c1-10(15-3)8-9-13-11-4-6-12(14-2)7-5-11/h10-13H,4-9H2,1-3H3. The highest BCUT2D eigenvalue weighted by Gasteiger charge is 2.19. The van der Waals surface area contributed by atoms with Crippen molar-refractivity contribution < 1.29 is 4.74 Å². The van der Waals surface area contributed by atoms with Crippen molar-refractivity contribution in [1.29, 1.82) is 0 Å². The molecule has 15 heavy (non-hydrogen) atoms. The molecule has 1 saturated carbocycles. The van der Waals surface area contributed by atoms with Crippen LogP contribution in [-0.4, -0.2) is 37.3 Å². The summed E-state index contributed by atoms with van der Waals surface area (Å²) in [5, 5.41) is 4.45. The average molecular weight is 231 g/mol. The molecule has 1 aliphatic carbocycles. The first kappa shape index (κ1) is 13.3. The summed E-state index contributed by atoms with van der Waals surface area (Å²) in [6.07, 6.45) is 9.02. The third-order valence-electron chi connectivity index (χ3n) is 3.39. The highest BCUT2D eigenvalue weighted by atomic mass is 32.2. The lowest BCUT2D eigenvalue weighted by Crippen LogP contribution is -2.36. The van der Waals surface area contributed by atoms with Crippen LogP contribution in [0.3, 0.4) is 0 Å². The molecule has 0 spiro atoms. The molecule has 1 rings (SSSR count). The van der Waals surface area contributed by atoms with Crippen molar-refractivity contribution in [3.8, 4) is 0 Å². The summed E-state index contributed by atoms with van der Waals surface area (Å²) in [7, 11) is 1.83. The zero-order valence-corrected chi connectivity index (χ0v) is 11.1. The molecule has 0 aromatic heterocycles. The van der Waals surface area contributed by atoms with Crippen LogP contribution in [0, 0.1) is 0 Å². The monoisotopic (exact) mass is 231 g/mol. The highest BCUT2D eigenvalue weighted by molar-refractivity contribution is 7.99. The minimum Gasteiger partial charge on any atom is -0.381 e. The quantitative estimate of drug-likeness (QED) is 0.759. The molecule has 0 bridgehead atoms. The molecule has 0 heterocycles. The SMILES string of the molecule is COC1CCC(NCCC(C)SC)CC1. The summed E-state index contributed by atoms with van der Waals surface area (Å²) < 4.78 is 5.37. The van der Waals surface area contributed by atoms with E-state index >= 15 is 0 Å². The maximum absolute atomic E-state index is 5.37. The number of hydrogen-bond acceptors (Lipinski definition) is 3. The maximum atomic E-state index is 5.37. The van der Waals surface area contributed by atoms with Crippen LogP contribution in [-0.2, 0) is 4.74 Å². The van der Waals surface area contributed by atoms with E-state index < -0.39 is 0 Å². The number of thioether (sulfide) groups is 1. The van der Waals surface area contributed by atoms with E-state index in [1.807, 2.05) is 18.9 Å². The third-order valence-corrected chi connectivity index (χ3v) is 4.43. The van der Waals surface area contributed by atoms with E-state index in [4.69, 9.17) is 4.74 Å². The molecule has 0 aromatic rings.